The lowest BCUT2D eigenvalue weighted by molar-refractivity contribution is -0.151. The van der Waals surface area contributed by atoms with E-state index in [2.05, 4.69) is 5.32 Å². The van der Waals surface area contributed by atoms with E-state index >= 15 is 0 Å². The van der Waals surface area contributed by atoms with E-state index in [1.165, 1.54) is 19.1 Å². The van der Waals surface area contributed by atoms with E-state index in [1.54, 1.807) is 42.5 Å². The molecule has 1 aliphatic heterocycles. The largest absolute Gasteiger partial charge is 0.497 e. The van der Waals surface area contributed by atoms with Crippen LogP contribution in [0.2, 0.25) is 0 Å². The van der Waals surface area contributed by atoms with E-state index in [0.29, 0.717) is 35.0 Å². The predicted octanol–water partition coefficient (Wildman–Crippen LogP) is 2.81. The number of ether oxygens (including phenoxy) is 4. The smallest absolute Gasteiger partial charge is 0.338 e. The van der Waals surface area contributed by atoms with Gasteiger partial charge in [0.25, 0.3) is 5.91 Å². The Morgan fingerprint density at radius 1 is 1.03 bits per heavy atom. The fourth-order valence-corrected chi connectivity index (χ4v) is 3.51. The molecule has 0 saturated carbocycles. The standard InChI is InChI=1S/C25H28N2O8/c1-4-11-34-24(30)16-5-7-18(8-6-16)27-14-17(12-23(27)29)25(31)35-15-22(28)26-20-10-9-19(32-2)13-21(20)33-3/h5-10,13,17H,4,11-12,14-15H2,1-3H3,(H,26,28)/t17-/m1/s1. The highest BCUT2D eigenvalue weighted by atomic mass is 16.5. The second kappa shape index (κ2) is 11.9. The molecule has 2 aromatic carbocycles. The van der Waals surface area contributed by atoms with E-state index in [0.717, 1.165) is 6.42 Å². The van der Waals surface area contributed by atoms with Crippen LogP contribution in [0.15, 0.2) is 42.5 Å². The Bertz CT molecular complexity index is 1080. The van der Waals surface area contributed by atoms with Gasteiger partial charge >= 0.3 is 11.9 Å². The van der Waals surface area contributed by atoms with Crippen molar-refractivity contribution in [2.45, 2.75) is 19.8 Å². The van der Waals surface area contributed by atoms with Gasteiger partial charge in [-0.25, -0.2) is 4.79 Å². The number of carbonyl (C=O) groups excluding carboxylic acids is 4. The number of hydrogen-bond donors (Lipinski definition) is 1. The molecule has 35 heavy (non-hydrogen) atoms. The van der Waals surface area contributed by atoms with Crippen LogP contribution < -0.4 is 19.7 Å². The Hall–Kier alpha value is -4.08. The lowest BCUT2D eigenvalue weighted by Gasteiger charge is -2.17. The van der Waals surface area contributed by atoms with Crippen molar-refractivity contribution in [3.63, 3.8) is 0 Å². The minimum absolute atomic E-state index is 0.0347. The summed E-state index contributed by atoms with van der Waals surface area (Å²) in [5.74, 6) is -1.62. The molecule has 186 valence electrons. The first-order chi connectivity index (χ1) is 16.9. The quantitative estimate of drug-likeness (QED) is 0.511. The SMILES string of the molecule is CCCOC(=O)c1ccc(N2C[C@H](C(=O)OCC(=O)Nc3ccc(OC)cc3OC)CC2=O)cc1. The molecule has 1 aliphatic rings. The van der Waals surface area contributed by atoms with Crippen LogP contribution in [-0.2, 0) is 23.9 Å². The maximum absolute atomic E-state index is 12.5. The lowest BCUT2D eigenvalue weighted by atomic mass is 10.1. The molecular formula is C25H28N2O8. The highest BCUT2D eigenvalue weighted by molar-refractivity contribution is 6.00. The summed E-state index contributed by atoms with van der Waals surface area (Å²) < 4.78 is 20.6. The number of rotatable bonds is 10. The van der Waals surface area contributed by atoms with E-state index in [9.17, 15) is 19.2 Å². The average molecular weight is 485 g/mol. The van der Waals surface area contributed by atoms with E-state index in [4.69, 9.17) is 18.9 Å². The minimum Gasteiger partial charge on any atom is -0.497 e. The van der Waals surface area contributed by atoms with Gasteiger partial charge < -0.3 is 29.2 Å². The molecule has 0 bridgehead atoms. The van der Waals surface area contributed by atoms with Crippen molar-refractivity contribution in [3.05, 3.63) is 48.0 Å². The van der Waals surface area contributed by atoms with Crippen LogP contribution in [0, 0.1) is 5.92 Å². The summed E-state index contributed by atoms with van der Waals surface area (Å²) in [4.78, 5) is 50.6. The number of hydrogen-bond acceptors (Lipinski definition) is 8. The number of methoxy groups -OCH3 is 2. The van der Waals surface area contributed by atoms with Crippen LogP contribution in [-0.4, -0.2) is 57.7 Å². The van der Waals surface area contributed by atoms with Crippen LogP contribution in [0.3, 0.4) is 0 Å². The van der Waals surface area contributed by atoms with Crippen molar-refractivity contribution in [1.29, 1.82) is 0 Å². The summed E-state index contributed by atoms with van der Waals surface area (Å²) in [6.45, 7) is 1.85. The summed E-state index contributed by atoms with van der Waals surface area (Å²) >= 11 is 0. The number of benzene rings is 2. The molecule has 0 spiro atoms. The molecule has 10 nitrogen and oxygen atoms in total. The fraction of sp³-hybridized carbons (Fsp3) is 0.360. The van der Waals surface area contributed by atoms with Crippen molar-refractivity contribution in [2.75, 3.05) is 44.2 Å². The van der Waals surface area contributed by atoms with Gasteiger partial charge in [0.1, 0.15) is 11.5 Å². The van der Waals surface area contributed by atoms with Gasteiger partial charge in [0.05, 0.1) is 38.0 Å². The van der Waals surface area contributed by atoms with Crippen molar-refractivity contribution >= 4 is 35.1 Å². The number of anilines is 2. The van der Waals surface area contributed by atoms with Crippen LogP contribution in [0.25, 0.3) is 0 Å². The van der Waals surface area contributed by atoms with Crippen LogP contribution in [0.1, 0.15) is 30.1 Å². The molecule has 1 fully saturated rings. The van der Waals surface area contributed by atoms with Gasteiger partial charge in [-0.2, -0.15) is 0 Å². The van der Waals surface area contributed by atoms with Crippen molar-refractivity contribution < 1.29 is 38.1 Å². The second-order valence-electron chi connectivity index (χ2n) is 7.81. The summed E-state index contributed by atoms with van der Waals surface area (Å²) in [6, 6.07) is 11.3. The molecule has 2 amide bonds. The molecule has 2 aromatic rings. The normalized spacial score (nSPS) is 14.9. The van der Waals surface area contributed by atoms with Crippen molar-refractivity contribution in [2.24, 2.45) is 5.92 Å². The Morgan fingerprint density at radius 2 is 1.77 bits per heavy atom. The first-order valence-electron chi connectivity index (χ1n) is 11.1. The highest BCUT2D eigenvalue weighted by Gasteiger charge is 2.36. The van der Waals surface area contributed by atoms with Gasteiger partial charge in [0.15, 0.2) is 6.61 Å². The van der Waals surface area contributed by atoms with E-state index in [1.807, 2.05) is 6.92 Å². The molecule has 0 unspecified atom stereocenters. The van der Waals surface area contributed by atoms with E-state index in [-0.39, 0.29) is 18.9 Å². The molecule has 1 N–H and O–H groups in total. The minimum atomic E-state index is -0.708. The van der Waals surface area contributed by atoms with Crippen LogP contribution in [0.4, 0.5) is 11.4 Å². The van der Waals surface area contributed by atoms with Crippen LogP contribution in [0.5, 0.6) is 11.5 Å². The topological polar surface area (TPSA) is 120 Å². The monoisotopic (exact) mass is 484 g/mol. The predicted molar refractivity (Wildman–Crippen MR) is 127 cm³/mol. The third-order valence-electron chi connectivity index (χ3n) is 5.34. The Labute approximate surface area is 203 Å². The summed E-state index contributed by atoms with van der Waals surface area (Å²) in [5, 5.41) is 2.62. The molecule has 1 heterocycles. The lowest BCUT2D eigenvalue weighted by Crippen LogP contribution is -2.28. The van der Waals surface area contributed by atoms with Gasteiger partial charge in [0.2, 0.25) is 5.91 Å². The highest BCUT2D eigenvalue weighted by Crippen LogP contribution is 2.29. The molecule has 0 aromatic heterocycles. The number of carbonyl (C=O) groups is 4. The molecule has 1 saturated heterocycles. The zero-order valence-corrected chi connectivity index (χ0v) is 19.9. The zero-order valence-electron chi connectivity index (χ0n) is 19.9. The van der Waals surface area contributed by atoms with Gasteiger partial charge in [-0.05, 0) is 42.8 Å². The molecular weight excluding hydrogens is 456 g/mol. The summed E-state index contributed by atoms with van der Waals surface area (Å²) in [5.41, 5.74) is 1.34. The number of nitrogens with zero attached hydrogens (tertiary/aromatic N) is 1. The van der Waals surface area contributed by atoms with Crippen molar-refractivity contribution in [1.82, 2.24) is 0 Å². The average Bonchev–Trinajstić information content (AvgIpc) is 3.27. The van der Waals surface area contributed by atoms with Gasteiger partial charge in [-0.3, -0.25) is 14.4 Å². The Morgan fingerprint density at radius 3 is 2.43 bits per heavy atom. The third kappa shape index (κ3) is 6.50. The molecule has 3 rings (SSSR count). The number of esters is 2. The maximum Gasteiger partial charge on any atom is 0.338 e. The first kappa shape index (κ1) is 25.5. The summed E-state index contributed by atoms with van der Waals surface area (Å²) in [6.07, 6.45) is 0.688. The summed E-state index contributed by atoms with van der Waals surface area (Å²) in [7, 11) is 2.97. The van der Waals surface area contributed by atoms with Crippen molar-refractivity contribution in [3.8, 4) is 11.5 Å². The molecule has 10 heteroatoms. The molecule has 1 atom stereocenters. The third-order valence-corrected chi connectivity index (χ3v) is 5.34. The van der Waals surface area contributed by atoms with E-state index < -0.39 is 30.4 Å². The van der Waals surface area contributed by atoms with Gasteiger partial charge in [-0.15, -0.1) is 0 Å². The Balaban J connectivity index is 1.53. The van der Waals surface area contributed by atoms with Gasteiger partial charge in [0, 0.05) is 24.7 Å². The van der Waals surface area contributed by atoms with Gasteiger partial charge in [-0.1, -0.05) is 6.92 Å². The van der Waals surface area contributed by atoms with Crippen LogP contribution >= 0.6 is 0 Å². The fourth-order valence-electron chi connectivity index (χ4n) is 3.51. The zero-order chi connectivity index (χ0) is 25.4. The maximum atomic E-state index is 12.5. The molecule has 0 radical (unpaired) electrons. The number of nitrogens with one attached hydrogen (secondary N) is 1. The second-order valence-corrected chi connectivity index (χ2v) is 7.81. The number of amides is 2. The molecule has 0 aliphatic carbocycles. The first-order valence-corrected chi connectivity index (χ1v) is 11.1. The Kier molecular flexibility index (Phi) is 8.66.